The maximum Gasteiger partial charge on any atom is 0.191 e. The molecule has 6 heteroatoms. The van der Waals surface area contributed by atoms with E-state index in [1.807, 2.05) is 44.3 Å². The number of pyridine rings is 1. The molecule has 2 aromatic heterocycles. The van der Waals surface area contributed by atoms with Gasteiger partial charge >= 0.3 is 0 Å². The fourth-order valence-electron chi connectivity index (χ4n) is 4.01. The van der Waals surface area contributed by atoms with Crippen LogP contribution >= 0.6 is 11.8 Å². The molecule has 38 heavy (non-hydrogen) atoms. The predicted octanol–water partition coefficient (Wildman–Crippen LogP) is 9.24. The number of benzene rings is 1. The molecule has 198 valence electrons. The summed E-state index contributed by atoms with van der Waals surface area (Å²) in [6.45, 7) is 12.8. The van der Waals surface area contributed by atoms with Crippen molar-refractivity contribution in [2.24, 2.45) is 0 Å². The minimum Gasteiger partial charge on any atom is -0.363 e. The number of aryl methyl sites for hydroxylation is 2. The third-order valence-corrected chi connectivity index (χ3v) is 6.92. The van der Waals surface area contributed by atoms with Crippen molar-refractivity contribution < 1.29 is 4.39 Å². The SMILES string of the molecule is C\C=C/C(=C\C(C)=C\CC)c1ncc(CNc2ncnc(-c3ccc(C)c(S/C=C\CC)c3)c2F)cc1C. The quantitative estimate of drug-likeness (QED) is 0.198. The van der Waals surface area contributed by atoms with Crippen LogP contribution < -0.4 is 5.32 Å². The Bertz CT molecular complexity index is 1370. The first-order valence-electron chi connectivity index (χ1n) is 13.0. The van der Waals surface area contributed by atoms with Gasteiger partial charge in [-0.2, -0.15) is 0 Å². The van der Waals surface area contributed by atoms with Crippen LogP contribution in [0.3, 0.4) is 0 Å². The number of nitrogens with zero attached hydrogens (tertiary/aromatic N) is 3. The highest BCUT2D eigenvalue weighted by atomic mass is 32.2. The molecule has 0 aliphatic carbocycles. The van der Waals surface area contributed by atoms with Gasteiger partial charge in [-0.25, -0.2) is 14.4 Å². The molecule has 4 nitrogen and oxygen atoms in total. The Kier molecular flexibility index (Phi) is 11.0. The molecule has 3 aromatic rings. The fourth-order valence-corrected chi connectivity index (χ4v) is 4.89. The summed E-state index contributed by atoms with van der Waals surface area (Å²) >= 11 is 1.63. The van der Waals surface area contributed by atoms with Crippen molar-refractivity contribution in [3.8, 4) is 11.3 Å². The van der Waals surface area contributed by atoms with E-state index in [9.17, 15) is 0 Å². The lowest BCUT2D eigenvalue weighted by atomic mass is 10.0. The molecule has 0 saturated carbocycles. The van der Waals surface area contributed by atoms with Crippen molar-refractivity contribution in [1.82, 2.24) is 15.0 Å². The van der Waals surface area contributed by atoms with Crippen LogP contribution in [0, 0.1) is 19.7 Å². The van der Waals surface area contributed by atoms with Crippen molar-refractivity contribution >= 4 is 23.2 Å². The second-order valence-corrected chi connectivity index (χ2v) is 10.0. The Balaban J connectivity index is 1.81. The summed E-state index contributed by atoms with van der Waals surface area (Å²) < 4.78 is 15.5. The summed E-state index contributed by atoms with van der Waals surface area (Å²) in [7, 11) is 0. The Morgan fingerprint density at radius 3 is 2.58 bits per heavy atom. The number of halogens is 1. The lowest BCUT2D eigenvalue weighted by Crippen LogP contribution is -2.07. The molecule has 0 unspecified atom stereocenters. The zero-order valence-corrected chi connectivity index (χ0v) is 24.0. The summed E-state index contributed by atoms with van der Waals surface area (Å²) in [4.78, 5) is 14.2. The van der Waals surface area contributed by atoms with Crippen molar-refractivity contribution in [1.29, 1.82) is 0 Å². The second-order valence-electron chi connectivity index (χ2n) is 9.08. The Hall–Kier alpha value is -3.51. The molecule has 0 fully saturated rings. The normalized spacial score (nSPS) is 12.6. The number of aromatic nitrogens is 3. The van der Waals surface area contributed by atoms with Crippen LogP contribution in [-0.4, -0.2) is 15.0 Å². The van der Waals surface area contributed by atoms with Gasteiger partial charge in [-0.3, -0.25) is 4.98 Å². The van der Waals surface area contributed by atoms with E-state index in [4.69, 9.17) is 4.98 Å². The highest BCUT2D eigenvalue weighted by molar-refractivity contribution is 8.02. The van der Waals surface area contributed by atoms with Gasteiger partial charge in [0.15, 0.2) is 11.6 Å². The third-order valence-electron chi connectivity index (χ3n) is 5.90. The van der Waals surface area contributed by atoms with E-state index in [0.717, 1.165) is 51.3 Å². The standard InChI is InChI=1S/C32H37FN4S/c1-7-10-15-38-28-18-27(14-13-23(28)5)31-29(33)32(37-21-36-31)35-20-25-17-24(6)30(34-19-25)26(12-9-3)16-22(4)11-8-2/h9-19,21H,7-8,20H2,1-6H3,(H,35,36,37)/b12-9-,15-10-,22-11+,26-16+. The first-order valence-corrected chi connectivity index (χ1v) is 13.9. The molecule has 0 spiro atoms. The maximum atomic E-state index is 15.5. The fraction of sp³-hybridized carbons (Fsp3) is 0.281. The number of thioether (sulfide) groups is 1. The molecule has 3 rings (SSSR count). The van der Waals surface area contributed by atoms with E-state index in [-0.39, 0.29) is 11.5 Å². The highest BCUT2D eigenvalue weighted by Crippen LogP contribution is 2.31. The lowest BCUT2D eigenvalue weighted by molar-refractivity contribution is 0.621. The molecule has 0 aliphatic heterocycles. The summed E-state index contributed by atoms with van der Waals surface area (Å²) in [6.07, 6.45) is 15.8. The van der Waals surface area contributed by atoms with Gasteiger partial charge in [0, 0.05) is 28.8 Å². The first-order chi connectivity index (χ1) is 18.4. The van der Waals surface area contributed by atoms with Crippen molar-refractivity contribution in [3.63, 3.8) is 0 Å². The number of hydrogen-bond donors (Lipinski definition) is 1. The van der Waals surface area contributed by atoms with Crippen LogP contribution in [0.2, 0.25) is 0 Å². The second kappa shape index (κ2) is 14.4. The van der Waals surface area contributed by atoms with Gasteiger partial charge in [0.2, 0.25) is 0 Å². The van der Waals surface area contributed by atoms with Gasteiger partial charge in [-0.05, 0) is 68.7 Å². The number of hydrogen-bond acceptors (Lipinski definition) is 5. The van der Waals surface area contributed by atoms with Crippen molar-refractivity contribution in [2.75, 3.05) is 5.32 Å². The highest BCUT2D eigenvalue weighted by Gasteiger charge is 2.15. The smallest absolute Gasteiger partial charge is 0.191 e. The molecule has 0 amide bonds. The monoisotopic (exact) mass is 528 g/mol. The number of rotatable bonds is 11. The van der Waals surface area contributed by atoms with E-state index >= 15 is 4.39 Å². The summed E-state index contributed by atoms with van der Waals surface area (Å²) in [5, 5.41) is 5.20. The molecular weight excluding hydrogens is 491 g/mol. The lowest BCUT2D eigenvalue weighted by Gasteiger charge is -2.12. The number of nitrogens with one attached hydrogen (secondary N) is 1. The summed E-state index contributed by atoms with van der Waals surface area (Å²) in [5.74, 6) is -0.290. The Morgan fingerprint density at radius 1 is 1.05 bits per heavy atom. The minimum absolute atomic E-state index is 0.173. The molecule has 0 saturated heterocycles. The van der Waals surface area contributed by atoms with E-state index in [0.29, 0.717) is 6.54 Å². The van der Waals surface area contributed by atoms with E-state index in [2.05, 4.69) is 78.8 Å². The molecule has 0 bridgehead atoms. The van der Waals surface area contributed by atoms with Gasteiger partial charge in [0.1, 0.15) is 12.0 Å². The maximum absolute atomic E-state index is 15.5. The zero-order valence-electron chi connectivity index (χ0n) is 23.2. The van der Waals surface area contributed by atoms with Crippen LogP contribution in [0.15, 0.2) is 83.0 Å². The number of allylic oxidation sites excluding steroid dienone is 7. The number of anilines is 1. The first kappa shape index (κ1) is 29.1. The Morgan fingerprint density at radius 2 is 1.87 bits per heavy atom. The minimum atomic E-state index is -0.464. The molecule has 2 heterocycles. The van der Waals surface area contributed by atoms with Gasteiger partial charge in [-0.1, -0.05) is 79.8 Å². The third kappa shape index (κ3) is 7.75. The predicted molar refractivity (Wildman–Crippen MR) is 161 cm³/mol. The Labute approximate surface area is 230 Å². The van der Waals surface area contributed by atoms with Crippen LogP contribution in [0.25, 0.3) is 16.8 Å². The van der Waals surface area contributed by atoms with E-state index in [1.54, 1.807) is 11.8 Å². The summed E-state index contributed by atoms with van der Waals surface area (Å²) in [5.41, 5.74) is 7.37. The average Bonchev–Trinajstić information content (AvgIpc) is 2.89. The molecule has 0 aliphatic rings. The summed E-state index contributed by atoms with van der Waals surface area (Å²) in [6, 6.07) is 7.96. The molecule has 1 aromatic carbocycles. The van der Waals surface area contributed by atoms with Crippen molar-refractivity contribution in [2.45, 2.75) is 65.8 Å². The largest absolute Gasteiger partial charge is 0.363 e. The molecule has 0 atom stereocenters. The zero-order chi connectivity index (χ0) is 27.5. The van der Waals surface area contributed by atoms with Gasteiger partial charge in [-0.15, -0.1) is 0 Å². The van der Waals surface area contributed by atoms with E-state index < -0.39 is 5.82 Å². The average molecular weight is 529 g/mol. The van der Waals surface area contributed by atoms with Gasteiger partial charge < -0.3 is 5.32 Å². The van der Waals surface area contributed by atoms with Crippen LogP contribution in [0.4, 0.5) is 10.2 Å². The van der Waals surface area contributed by atoms with Crippen LogP contribution in [-0.2, 0) is 6.54 Å². The van der Waals surface area contributed by atoms with Gasteiger partial charge in [0.05, 0.1) is 5.69 Å². The van der Waals surface area contributed by atoms with Crippen molar-refractivity contribution in [3.05, 3.63) is 106 Å². The molecule has 1 N–H and O–H groups in total. The van der Waals surface area contributed by atoms with Crippen LogP contribution in [0.1, 0.15) is 62.9 Å². The van der Waals surface area contributed by atoms with E-state index in [1.165, 1.54) is 11.9 Å². The van der Waals surface area contributed by atoms with Crippen LogP contribution in [0.5, 0.6) is 0 Å². The molecular formula is C32H37FN4S. The topological polar surface area (TPSA) is 50.7 Å². The molecule has 0 radical (unpaired) electrons. The van der Waals surface area contributed by atoms with Gasteiger partial charge in [0.25, 0.3) is 0 Å².